The van der Waals surface area contributed by atoms with Gasteiger partial charge in [-0.15, -0.1) is 0 Å². The Morgan fingerprint density at radius 3 is 2.45 bits per heavy atom. The number of rotatable bonds is 6. The minimum atomic E-state index is -0.0605. The molecule has 3 heteroatoms. The van der Waals surface area contributed by atoms with Gasteiger partial charge in [-0.2, -0.15) is 0 Å². The van der Waals surface area contributed by atoms with Crippen LogP contribution in [0, 0.1) is 0 Å². The van der Waals surface area contributed by atoms with E-state index in [-0.39, 0.29) is 5.78 Å². The summed E-state index contributed by atoms with van der Waals surface area (Å²) >= 11 is 0. The van der Waals surface area contributed by atoms with Crippen LogP contribution in [0.1, 0.15) is 41.4 Å². The monoisotopic (exact) mass is 269 g/mol. The lowest BCUT2D eigenvalue weighted by Gasteiger charge is -2.04. The van der Waals surface area contributed by atoms with Gasteiger partial charge in [0.1, 0.15) is 11.4 Å². The quantitative estimate of drug-likeness (QED) is 0.751. The maximum Gasteiger partial charge on any atom is 0.211 e. The molecule has 1 aromatic carbocycles. The fourth-order valence-electron chi connectivity index (χ4n) is 1.98. The Kier molecular flexibility index (Phi) is 4.88. The van der Waals surface area contributed by atoms with Gasteiger partial charge in [0.15, 0.2) is 0 Å². The van der Waals surface area contributed by atoms with Gasteiger partial charge < -0.3 is 4.74 Å². The molecule has 0 saturated heterocycles. The molecule has 104 valence electrons. The number of hydrogen-bond acceptors (Lipinski definition) is 3. The summed E-state index contributed by atoms with van der Waals surface area (Å²) in [4.78, 5) is 16.5. The van der Waals surface area contributed by atoms with Crippen LogP contribution in [-0.2, 0) is 6.42 Å². The first-order chi connectivity index (χ1) is 9.74. The van der Waals surface area contributed by atoms with Crippen molar-refractivity contribution < 1.29 is 9.53 Å². The van der Waals surface area contributed by atoms with Crippen molar-refractivity contribution in [1.29, 1.82) is 0 Å². The van der Waals surface area contributed by atoms with E-state index >= 15 is 0 Å². The summed E-state index contributed by atoms with van der Waals surface area (Å²) in [7, 11) is 1.60. The van der Waals surface area contributed by atoms with E-state index in [0.717, 1.165) is 25.0 Å². The third-order valence-corrected chi connectivity index (χ3v) is 3.23. The van der Waals surface area contributed by atoms with Crippen molar-refractivity contribution in [3.63, 3.8) is 0 Å². The molecular formula is C17H19NO2. The highest BCUT2D eigenvalue weighted by Crippen LogP contribution is 2.14. The third kappa shape index (κ3) is 3.44. The van der Waals surface area contributed by atoms with Gasteiger partial charge in [-0.3, -0.25) is 9.78 Å². The zero-order valence-corrected chi connectivity index (χ0v) is 11.9. The summed E-state index contributed by atoms with van der Waals surface area (Å²) in [6.45, 7) is 2.16. The first kappa shape index (κ1) is 14.3. The molecule has 0 aliphatic rings. The highest BCUT2D eigenvalue weighted by Gasteiger charge is 2.10. The van der Waals surface area contributed by atoms with Crippen LogP contribution >= 0.6 is 0 Å². The summed E-state index contributed by atoms with van der Waals surface area (Å²) in [5.41, 5.74) is 2.29. The van der Waals surface area contributed by atoms with E-state index in [0.29, 0.717) is 11.3 Å². The smallest absolute Gasteiger partial charge is 0.211 e. The van der Waals surface area contributed by atoms with E-state index in [2.05, 4.69) is 11.9 Å². The van der Waals surface area contributed by atoms with E-state index < -0.39 is 0 Å². The molecule has 2 aromatic rings. The van der Waals surface area contributed by atoms with Crippen LogP contribution in [0.5, 0.6) is 5.75 Å². The summed E-state index contributed by atoms with van der Waals surface area (Å²) in [6.07, 6.45) is 5.12. The topological polar surface area (TPSA) is 39.2 Å². The number of pyridine rings is 1. The standard InChI is InChI=1S/C17H19NO2/c1-3-4-5-13-6-11-16(18-12-13)17(19)14-7-9-15(20-2)10-8-14/h6-12H,3-5H2,1-2H3. The Balaban J connectivity index is 2.11. The van der Waals surface area contributed by atoms with Crippen LogP contribution in [0.3, 0.4) is 0 Å². The van der Waals surface area contributed by atoms with Gasteiger partial charge in [-0.1, -0.05) is 19.4 Å². The van der Waals surface area contributed by atoms with Gasteiger partial charge in [-0.05, 0) is 48.7 Å². The Morgan fingerprint density at radius 2 is 1.90 bits per heavy atom. The minimum absolute atomic E-state index is 0.0605. The number of ketones is 1. The molecule has 2 rings (SSSR count). The largest absolute Gasteiger partial charge is 0.497 e. The van der Waals surface area contributed by atoms with Crippen molar-refractivity contribution in [2.45, 2.75) is 26.2 Å². The van der Waals surface area contributed by atoms with Crippen LogP contribution in [0.15, 0.2) is 42.6 Å². The molecule has 0 aliphatic carbocycles. The Hall–Kier alpha value is -2.16. The molecule has 0 spiro atoms. The number of nitrogens with zero attached hydrogens (tertiary/aromatic N) is 1. The molecule has 0 atom stereocenters. The number of ether oxygens (including phenoxy) is 1. The molecule has 0 saturated carbocycles. The number of carbonyl (C=O) groups is 1. The molecule has 1 aromatic heterocycles. The molecule has 0 fully saturated rings. The summed E-state index contributed by atoms with van der Waals surface area (Å²) in [5, 5.41) is 0. The molecular weight excluding hydrogens is 250 g/mol. The van der Waals surface area contributed by atoms with E-state index in [1.807, 2.05) is 6.07 Å². The van der Waals surface area contributed by atoms with Crippen LogP contribution in [0.4, 0.5) is 0 Å². The van der Waals surface area contributed by atoms with Crippen LogP contribution < -0.4 is 4.74 Å². The lowest BCUT2D eigenvalue weighted by atomic mass is 10.1. The maximum absolute atomic E-state index is 12.3. The number of aryl methyl sites for hydroxylation is 1. The average molecular weight is 269 g/mol. The first-order valence-corrected chi connectivity index (χ1v) is 6.88. The fourth-order valence-corrected chi connectivity index (χ4v) is 1.98. The predicted octanol–water partition coefficient (Wildman–Crippen LogP) is 3.66. The normalized spacial score (nSPS) is 10.3. The van der Waals surface area contributed by atoms with E-state index in [1.54, 1.807) is 43.6 Å². The van der Waals surface area contributed by atoms with E-state index in [4.69, 9.17) is 4.74 Å². The van der Waals surface area contributed by atoms with Crippen LogP contribution in [0.2, 0.25) is 0 Å². The number of aromatic nitrogens is 1. The van der Waals surface area contributed by atoms with Crippen molar-refractivity contribution in [1.82, 2.24) is 4.98 Å². The lowest BCUT2D eigenvalue weighted by molar-refractivity contribution is 0.103. The minimum Gasteiger partial charge on any atom is -0.497 e. The number of hydrogen-bond donors (Lipinski definition) is 0. The number of carbonyl (C=O) groups excluding carboxylic acids is 1. The Labute approximate surface area is 119 Å². The third-order valence-electron chi connectivity index (χ3n) is 3.23. The predicted molar refractivity (Wildman–Crippen MR) is 79.3 cm³/mol. The lowest BCUT2D eigenvalue weighted by Crippen LogP contribution is -2.04. The fraction of sp³-hybridized carbons (Fsp3) is 0.294. The van der Waals surface area contributed by atoms with Gasteiger partial charge in [-0.25, -0.2) is 0 Å². The molecule has 3 nitrogen and oxygen atoms in total. The second-order valence-electron chi connectivity index (χ2n) is 4.71. The van der Waals surface area contributed by atoms with E-state index in [9.17, 15) is 4.79 Å². The van der Waals surface area contributed by atoms with Gasteiger partial charge in [0.05, 0.1) is 7.11 Å². The zero-order valence-electron chi connectivity index (χ0n) is 11.9. The second-order valence-corrected chi connectivity index (χ2v) is 4.71. The molecule has 0 aliphatic heterocycles. The van der Waals surface area contributed by atoms with Crippen molar-refractivity contribution >= 4 is 5.78 Å². The zero-order chi connectivity index (χ0) is 14.4. The van der Waals surface area contributed by atoms with Crippen molar-refractivity contribution in [2.24, 2.45) is 0 Å². The van der Waals surface area contributed by atoms with E-state index in [1.165, 1.54) is 5.56 Å². The van der Waals surface area contributed by atoms with Crippen LogP contribution in [0.25, 0.3) is 0 Å². The summed E-state index contributed by atoms with van der Waals surface area (Å²) < 4.78 is 5.08. The Morgan fingerprint density at radius 1 is 1.15 bits per heavy atom. The average Bonchev–Trinajstić information content (AvgIpc) is 2.53. The Bertz CT molecular complexity index is 559. The summed E-state index contributed by atoms with van der Waals surface area (Å²) in [5.74, 6) is 0.680. The number of benzene rings is 1. The van der Waals surface area contributed by atoms with Gasteiger partial charge >= 0.3 is 0 Å². The van der Waals surface area contributed by atoms with Crippen molar-refractivity contribution in [2.75, 3.05) is 7.11 Å². The van der Waals surface area contributed by atoms with Gasteiger partial charge in [0.2, 0.25) is 5.78 Å². The summed E-state index contributed by atoms with van der Waals surface area (Å²) in [6, 6.07) is 10.9. The highest BCUT2D eigenvalue weighted by atomic mass is 16.5. The molecule has 0 bridgehead atoms. The molecule has 0 amide bonds. The molecule has 1 heterocycles. The SMILES string of the molecule is CCCCc1ccc(C(=O)c2ccc(OC)cc2)nc1. The maximum atomic E-state index is 12.3. The molecule has 0 unspecified atom stereocenters. The van der Waals surface area contributed by atoms with Gasteiger partial charge in [0.25, 0.3) is 0 Å². The molecule has 20 heavy (non-hydrogen) atoms. The van der Waals surface area contributed by atoms with Crippen LogP contribution in [-0.4, -0.2) is 17.9 Å². The number of unbranched alkanes of at least 4 members (excludes halogenated alkanes) is 1. The van der Waals surface area contributed by atoms with Crippen molar-refractivity contribution in [3.8, 4) is 5.75 Å². The number of methoxy groups -OCH3 is 1. The molecule has 0 N–H and O–H groups in total. The highest BCUT2D eigenvalue weighted by molar-refractivity contribution is 6.07. The van der Waals surface area contributed by atoms with Crippen molar-refractivity contribution in [3.05, 3.63) is 59.4 Å². The first-order valence-electron chi connectivity index (χ1n) is 6.88. The molecule has 0 radical (unpaired) electrons. The van der Waals surface area contributed by atoms with Gasteiger partial charge in [0, 0.05) is 11.8 Å². The second kappa shape index (κ2) is 6.85.